The third kappa shape index (κ3) is 5.62. The van der Waals surface area contributed by atoms with Gasteiger partial charge in [-0.2, -0.15) is 4.31 Å². The summed E-state index contributed by atoms with van der Waals surface area (Å²) in [6.45, 7) is 9.12. The number of rotatable bonds is 7. The van der Waals surface area contributed by atoms with Crippen LogP contribution in [0.2, 0.25) is 0 Å². The zero-order valence-electron chi connectivity index (χ0n) is 14.7. The smallest absolute Gasteiger partial charge is 0.243 e. The van der Waals surface area contributed by atoms with Crippen molar-refractivity contribution in [1.29, 1.82) is 0 Å². The first-order valence-corrected chi connectivity index (χ1v) is 9.85. The number of piperidine rings is 1. The Morgan fingerprint density at radius 2 is 1.79 bits per heavy atom. The van der Waals surface area contributed by atoms with E-state index in [-0.39, 0.29) is 18.5 Å². The molecule has 2 rings (SSSR count). The van der Waals surface area contributed by atoms with Gasteiger partial charge in [0.05, 0.1) is 11.0 Å². The third-order valence-electron chi connectivity index (χ3n) is 4.09. The van der Waals surface area contributed by atoms with Crippen molar-refractivity contribution in [3.05, 3.63) is 24.3 Å². The molecule has 5 nitrogen and oxygen atoms in total. The molecule has 0 atom stereocenters. The fourth-order valence-corrected chi connectivity index (χ4v) is 4.28. The number of ether oxygens (including phenoxy) is 1. The van der Waals surface area contributed by atoms with Crippen LogP contribution in [-0.2, 0) is 10.0 Å². The Kier molecular flexibility index (Phi) is 8.50. The van der Waals surface area contributed by atoms with Crippen molar-refractivity contribution >= 4 is 22.4 Å². The minimum Gasteiger partial charge on any atom is -0.491 e. The predicted octanol–water partition coefficient (Wildman–Crippen LogP) is 2.91. The van der Waals surface area contributed by atoms with Gasteiger partial charge in [-0.25, -0.2) is 8.42 Å². The van der Waals surface area contributed by atoms with Crippen LogP contribution >= 0.6 is 12.4 Å². The quantitative estimate of drug-likeness (QED) is 0.794. The summed E-state index contributed by atoms with van der Waals surface area (Å²) in [5.74, 6) is 1.27. The molecular weight excluding hydrogens is 348 g/mol. The van der Waals surface area contributed by atoms with Crippen LogP contribution in [-0.4, -0.2) is 45.0 Å². The Balaban J connectivity index is 0.00000288. The lowest BCUT2D eigenvalue weighted by molar-refractivity contribution is 0.242. The van der Waals surface area contributed by atoms with E-state index in [4.69, 9.17) is 4.74 Å². The molecule has 1 fully saturated rings. The van der Waals surface area contributed by atoms with E-state index in [1.54, 1.807) is 28.6 Å². The summed E-state index contributed by atoms with van der Waals surface area (Å²) >= 11 is 0. The Morgan fingerprint density at radius 1 is 1.21 bits per heavy atom. The molecule has 1 heterocycles. The molecule has 1 saturated heterocycles. The van der Waals surface area contributed by atoms with Gasteiger partial charge in [-0.3, -0.25) is 0 Å². The Hall–Kier alpha value is -0.820. The highest BCUT2D eigenvalue weighted by Gasteiger charge is 2.29. The largest absolute Gasteiger partial charge is 0.491 e. The van der Waals surface area contributed by atoms with Crippen LogP contribution in [0, 0.1) is 5.92 Å². The molecule has 0 radical (unpaired) electrons. The molecule has 1 aliphatic heterocycles. The predicted molar refractivity (Wildman–Crippen MR) is 99.5 cm³/mol. The molecular formula is C17H29ClN2O3S. The van der Waals surface area contributed by atoms with Gasteiger partial charge in [-0.05, 0) is 70.0 Å². The number of nitrogens with zero attached hydrogens (tertiary/aromatic N) is 1. The van der Waals surface area contributed by atoms with Crippen LogP contribution in [0.1, 0.15) is 33.6 Å². The van der Waals surface area contributed by atoms with Gasteiger partial charge in [-0.1, -0.05) is 6.92 Å². The topological polar surface area (TPSA) is 58.6 Å². The van der Waals surface area contributed by atoms with Gasteiger partial charge in [-0.15, -0.1) is 12.4 Å². The maximum atomic E-state index is 12.7. The Morgan fingerprint density at radius 3 is 2.29 bits per heavy atom. The van der Waals surface area contributed by atoms with E-state index in [1.165, 1.54) is 0 Å². The number of sulfonamides is 1. The van der Waals surface area contributed by atoms with E-state index in [2.05, 4.69) is 12.2 Å². The van der Waals surface area contributed by atoms with E-state index < -0.39 is 10.0 Å². The minimum atomic E-state index is -3.39. The standard InChI is InChI=1S/C17H28N2O3S.ClH/c1-4-18-13-15-9-11-19(12-10-15)23(20,21)17-7-5-16(6-8-17)22-14(2)3;/h5-8,14-15,18H,4,9-13H2,1-3H3;1H. The first-order valence-electron chi connectivity index (χ1n) is 8.41. The lowest BCUT2D eigenvalue weighted by Gasteiger charge is -2.31. The van der Waals surface area contributed by atoms with Crippen LogP contribution in [0.15, 0.2) is 29.2 Å². The third-order valence-corrected chi connectivity index (χ3v) is 6.00. The summed E-state index contributed by atoms with van der Waals surface area (Å²) < 4.78 is 32.6. The zero-order chi connectivity index (χ0) is 16.9. The average Bonchev–Trinajstić information content (AvgIpc) is 2.53. The molecule has 7 heteroatoms. The van der Waals surface area contributed by atoms with Gasteiger partial charge >= 0.3 is 0 Å². The summed E-state index contributed by atoms with van der Waals surface area (Å²) in [5.41, 5.74) is 0. The summed E-state index contributed by atoms with van der Waals surface area (Å²) in [7, 11) is -3.39. The van der Waals surface area contributed by atoms with E-state index in [9.17, 15) is 8.42 Å². The molecule has 1 N–H and O–H groups in total. The van der Waals surface area contributed by atoms with Crippen LogP contribution in [0.4, 0.5) is 0 Å². The molecule has 0 saturated carbocycles. The molecule has 0 aliphatic carbocycles. The maximum absolute atomic E-state index is 12.7. The molecule has 1 aromatic rings. The van der Waals surface area contributed by atoms with Gasteiger partial charge < -0.3 is 10.1 Å². The molecule has 0 unspecified atom stereocenters. The Bertz CT molecular complexity index is 582. The molecule has 0 bridgehead atoms. The fraction of sp³-hybridized carbons (Fsp3) is 0.647. The number of benzene rings is 1. The highest BCUT2D eigenvalue weighted by Crippen LogP contribution is 2.25. The van der Waals surface area contributed by atoms with Crippen molar-refractivity contribution in [1.82, 2.24) is 9.62 Å². The number of nitrogens with one attached hydrogen (secondary N) is 1. The van der Waals surface area contributed by atoms with Crippen LogP contribution in [0.25, 0.3) is 0 Å². The Labute approximate surface area is 152 Å². The van der Waals surface area contributed by atoms with E-state index in [0.717, 1.165) is 25.9 Å². The fourth-order valence-electron chi connectivity index (χ4n) is 2.81. The molecule has 24 heavy (non-hydrogen) atoms. The normalized spacial score (nSPS) is 16.8. The van der Waals surface area contributed by atoms with Crippen LogP contribution < -0.4 is 10.1 Å². The van der Waals surface area contributed by atoms with Crippen molar-refractivity contribution in [3.8, 4) is 5.75 Å². The van der Waals surface area contributed by atoms with Crippen molar-refractivity contribution in [2.24, 2.45) is 5.92 Å². The van der Waals surface area contributed by atoms with Gasteiger partial charge in [0, 0.05) is 13.1 Å². The van der Waals surface area contributed by atoms with Gasteiger partial charge in [0.25, 0.3) is 0 Å². The second-order valence-corrected chi connectivity index (χ2v) is 8.23. The lowest BCUT2D eigenvalue weighted by atomic mass is 9.98. The maximum Gasteiger partial charge on any atom is 0.243 e. The second-order valence-electron chi connectivity index (χ2n) is 6.29. The van der Waals surface area contributed by atoms with E-state index in [1.807, 2.05) is 13.8 Å². The molecule has 138 valence electrons. The summed E-state index contributed by atoms with van der Waals surface area (Å²) in [6, 6.07) is 6.73. The van der Waals surface area contributed by atoms with E-state index >= 15 is 0 Å². The first kappa shape index (κ1) is 21.2. The van der Waals surface area contributed by atoms with Crippen molar-refractivity contribution in [2.45, 2.75) is 44.6 Å². The molecule has 0 spiro atoms. The average molecular weight is 377 g/mol. The van der Waals surface area contributed by atoms with Crippen molar-refractivity contribution < 1.29 is 13.2 Å². The molecule has 1 aliphatic rings. The molecule has 1 aromatic carbocycles. The highest BCUT2D eigenvalue weighted by molar-refractivity contribution is 7.89. The summed E-state index contributed by atoms with van der Waals surface area (Å²) in [5, 5.41) is 3.34. The van der Waals surface area contributed by atoms with Gasteiger partial charge in [0.1, 0.15) is 5.75 Å². The molecule has 0 amide bonds. The SMILES string of the molecule is CCNCC1CCN(S(=O)(=O)c2ccc(OC(C)C)cc2)CC1.Cl. The first-order chi connectivity index (χ1) is 10.9. The number of halogens is 1. The lowest BCUT2D eigenvalue weighted by Crippen LogP contribution is -2.40. The minimum absolute atomic E-state index is 0. The second kappa shape index (κ2) is 9.61. The monoisotopic (exact) mass is 376 g/mol. The highest BCUT2D eigenvalue weighted by atomic mass is 35.5. The van der Waals surface area contributed by atoms with Crippen molar-refractivity contribution in [2.75, 3.05) is 26.2 Å². The van der Waals surface area contributed by atoms with Gasteiger partial charge in [0.15, 0.2) is 0 Å². The summed E-state index contributed by atoms with van der Waals surface area (Å²) in [4.78, 5) is 0.346. The van der Waals surface area contributed by atoms with Crippen molar-refractivity contribution in [3.63, 3.8) is 0 Å². The zero-order valence-corrected chi connectivity index (χ0v) is 16.3. The van der Waals surface area contributed by atoms with Gasteiger partial charge in [0.2, 0.25) is 10.0 Å². The van der Waals surface area contributed by atoms with Crippen LogP contribution in [0.3, 0.4) is 0 Å². The van der Waals surface area contributed by atoms with Crippen LogP contribution in [0.5, 0.6) is 5.75 Å². The summed E-state index contributed by atoms with van der Waals surface area (Å²) in [6.07, 6.45) is 1.91. The number of hydrogen-bond donors (Lipinski definition) is 1. The number of hydrogen-bond acceptors (Lipinski definition) is 4. The molecule has 0 aromatic heterocycles. The van der Waals surface area contributed by atoms with E-state index in [0.29, 0.717) is 29.7 Å².